The van der Waals surface area contributed by atoms with Gasteiger partial charge in [0.25, 0.3) is 0 Å². The highest BCUT2D eigenvalue weighted by atomic mass is 16.1. The van der Waals surface area contributed by atoms with Crippen LogP contribution in [0.2, 0.25) is 0 Å². The Bertz CT molecular complexity index is 769. The van der Waals surface area contributed by atoms with Gasteiger partial charge >= 0.3 is 0 Å². The second kappa shape index (κ2) is 39.6. The fourth-order valence-electron chi connectivity index (χ4n) is 2.66. The number of hydrazine groups is 1. The fourth-order valence-corrected chi connectivity index (χ4v) is 2.66. The number of aliphatic imine (C=N–C) groups is 1. The third kappa shape index (κ3) is 37.3. The van der Waals surface area contributed by atoms with Crippen LogP contribution >= 0.6 is 0 Å². The number of hydrogen-bond acceptors (Lipinski definition) is 4. The van der Waals surface area contributed by atoms with Crippen LogP contribution in [0.1, 0.15) is 113 Å². The van der Waals surface area contributed by atoms with E-state index in [2.05, 4.69) is 74.8 Å². The van der Waals surface area contributed by atoms with Crippen LogP contribution in [-0.4, -0.2) is 31.7 Å². The number of carbonyl (C=O) groups excluding carboxylic acids is 1. The van der Waals surface area contributed by atoms with Crippen molar-refractivity contribution in [2.45, 2.75) is 108 Å². The molecule has 0 aromatic heterocycles. The predicted octanol–water partition coefficient (Wildman–Crippen LogP) is 9.91. The second-order valence-electron chi connectivity index (χ2n) is 7.67. The van der Waals surface area contributed by atoms with Gasteiger partial charge in [-0.1, -0.05) is 135 Å². The molecule has 0 aliphatic rings. The van der Waals surface area contributed by atoms with E-state index in [1.165, 1.54) is 24.0 Å². The largest absolute Gasteiger partial charge is 0.370 e. The van der Waals surface area contributed by atoms with Gasteiger partial charge in [0.2, 0.25) is 5.91 Å². The highest BCUT2D eigenvalue weighted by Crippen LogP contribution is 2.19. The van der Waals surface area contributed by atoms with Gasteiger partial charge < -0.3 is 11.2 Å². The number of hydrogen-bond donors (Lipinski definition) is 2. The third-order valence-corrected chi connectivity index (χ3v) is 4.18. The molecule has 1 rings (SSSR count). The minimum atomic E-state index is -0.175. The Morgan fingerprint density at radius 1 is 1.08 bits per heavy atom. The fraction of sp³-hybridized carbons (Fsp3) is 0.529. The van der Waals surface area contributed by atoms with Crippen LogP contribution < -0.4 is 11.2 Å². The quantitative estimate of drug-likeness (QED) is 0.119. The van der Waals surface area contributed by atoms with E-state index in [9.17, 15) is 4.79 Å². The highest BCUT2D eigenvalue weighted by Gasteiger charge is 2.02. The van der Waals surface area contributed by atoms with Crippen LogP contribution in [0.4, 0.5) is 0 Å². The van der Waals surface area contributed by atoms with E-state index in [0.717, 1.165) is 30.7 Å². The van der Waals surface area contributed by atoms with Crippen molar-refractivity contribution in [2.75, 3.05) is 14.1 Å². The van der Waals surface area contributed by atoms with E-state index < -0.39 is 0 Å². The second-order valence-corrected chi connectivity index (χ2v) is 7.67. The maximum absolute atomic E-state index is 10.2. The monoisotopic (exact) mass is 547 g/mol. The molecule has 0 heterocycles. The smallest absolute Gasteiger partial charge is 0.217 e. The predicted molar refractivity (Wildman–Crippen MR) is 183 cm³/mol. The summed E-state index contributed by atoms with van der Waals surface area (Å²) < 4.78 is 0. The van der Waals surface area contributed by atoms with Gasteiger partial charge in [0.15, 0.2) is 0 Å². The van der Waals surface area contributed by atoms with Crippen LogP contribution in [0.5, 0.6) is 0 Å². The Morgan fingerprint density at radius 3 is 2.03 bits per heavy atom. The Hall–Kier alpha value is -2.92. The average molecular weight is 547 g/mol. The number of unbranched alkanes of at least 4 members (excludes halogenated alkanes) is 3. The van der Waals surface area contributed by atoms with Gasteiger partial charge in [-0.15, -0.1) is 0 Å². The molecular weight excluding hydrogens is 480 g/mol. The Labute approximate surface area is 245 Å². The standard InChI is InChI=1S/C16H23N3.C7H15NO.C5H8.3C2H6.H2/c1-6-8-14(12-16(17-3)18-19(4)5)15-10-7-9-13(2)11-15;1-2-3-4-5-6-7(8)9;1-3-5-4-2;3*1-2;/h7-12,18H,3,6H2,1-2,4-5H3;2-6H2,1H3,(H2,8,9);3-5H,1H2,2H3;3*1-2H3;1H/b14-8+,16-12+;;5-4-;;;;. The van der Waals surface area contributed by atoms with E-state index in [0.29, 0.717) is 6.42 Å². The molecule has 0 atom stereocenters. The average Bonchev–Trinajstić information content (AvgIpc) is 2.94. The van der Waals surface area contributed by atoms with Crippen LogP contribution in [0.3, 0.4) is 0 Å². The van der Waals surface area contributed by atoms with E-state index in [1.54, 1.807) is 6.08 Å². The molecule has 0 aliphatic carbocycles. The van der Waals surface area contributed by atoms with Gasteiger partial charge in [-0.3, -0.25) is 4.79 Å². The summed E-state index contributed by atoms with van der Waals surface area (Å²) in [6.45, 7) is 27.4. The molecule has 39 heavy (non-hydrogen) atoms. The van der Waals surface area contributed by atoms with Crippen molar-refractivity contribution >= 4 is 18.2 Å². The SMILES string of the molecule is C=C/C=C\C.C=N/C(=C\C(=C/CC)c1cccc(C)c1)NN(C)C.CC.CC.CC.CCCCCCC(N)=O.[HH]. The highest BCUT2D eigenvalue weighted by molar-refractivity contribution is 5.75. The molecule has 0 saturated carbocycles. The van der Waals surface area contributed by atoms with E-state index in [4.69, 9.17) is 5.73 Å². The van der Waals surface area contributed by atoms with Crippen LogP contribution in [0.15, 0.2) is 72.0 Å². The number of amides is 1. The third-order valence-electron chi connectivity index (χ3n) is 4.18. The van der Waals surface area contributed by atoms with Crippen molar-refractivity contribution in [3.05, 3.63) is 78.2 Å². The summed E-state index contributed by atoms with van der Waals surface area (Å²) in [5.41, 5.74) is 11.7. The Morgan fingerprint density at radius 2 is 1.67 bits per heavy atom. The van der Waals surface area contributed by atoms with Crippen molar-refractivity contribution in [3.63, 3.8) is 0 Å². The molecule has 0 fully saturated rings. The summed E-state index contributed by atoms with van der Waals surface area (Å²) in [7, 11) is 3.85. The maximum atomic E-state index is 10.2. The molecule has 1 aromatic carbocycles. The van der Waals surface area contributed by atoms with Crippen molar-refractivity contribution in [1.82, 2.24) is 10.4 Å². The van der Waals surface area contributed by atoms with Crippen LogP contribution in [0, 0.1) is 6.92 Å². The lowest BCUT2D eigenvalue weighted by Crippen LogP contribution is -2.28. The minimum Gasteiger partial charge on any atom is -0.370 e. The molecule has 3 N–H and O–H groups in total. The summed E-state index contributed by atoms with van der Waals surface area (Å²) in [6.07, 6.45) is 15.8. The van der Waals surface area contributed by atoms with E-state index in [1.807, 2.05) is 85.8 Å². The number of allylic oxidation sites excluding steroid dienone is 6. The van der Waals surface area contributed by atoms with E-state index >= 15 is 0 Å². The number of nitrogens with one attached hydrogen (secondary N) is 1. The Balaban J connectivity index is -0.000000115. The summed E-state index contributed by atoms with van der Waals surface area (Å²) in [4.78, 5) is 14.2. The van der Waals surface area contributed by atoms with Crippen molar-refractivity contribution in [2.24, 2.45) is 10.7 Å². The summed E-state index contributed by atoms with van der Waals surface area (Å²) >= 11 is 0. The zero-order valence-electron chi connectivity index (χ0n) is 27.7. The van der Waals surface area contributed by atoms with Crippen molar-refractivity contribution < 1.29 is 6.22 Å². The summed E-state index contributed by atoms with van der Waals surface area (Å²) in [6, 6.07) is 8.46. The number of primary amides is 1. The molecule has 0 aliphatic heterocycles. The van der Waals surface area contributed by atoms with Gasteiger partial charge in [-0.05, 0) is 50.6 Å². The number of benzene rings is 1. The normalized spacial score (nSPS) is 9.97. The number of rotatable bonds is 12. The van der Waals surface area contributed by atoms with Crippen LogP contribution in [-0.2, 0) is 4.79 Å². The van der Waals surface area contributed by atoms with Gasteiger partial charge in [0.1, 0.15) is 5.82 Å². The number of aryl methyl sites for hydroxylation is 1. The number of nitrogens with two attached hydrogens (primary N) is 1. The molecule has 0 bridgehead atoms. The van der Waals surface area contributed by atoms with Gasteiger partial charge in [-0.25, -0.2) is 10.0 Å². The zero-order chi connectivity index (χ0) is 31.5. The van der Waals surface area contributed by atoms with E-state index in [-0.39, 0.29) is 7.33 Å². The molecule has 5 heteroatoms. The zero-order valence-corrected chi connectivity index (χ0v) is 27.7. The lowest BCUT2D eigenvalue weighted by atomic mass is 10.0. The van der Waals surface area contributed by atoms with Crippen molar-refractivity contribution in [3.8, 4) is 0 Å². The minimum absolute atomic E-state index is 0. The summed E-state index contributed by atoms with van der Waals surface area (Å²) in [5.74, 6) is 0.567. The topological polar surface area (TPSA) is 70.7 Å². The van der Waals surface area contributed by atoms with Gasteiger partial charge in [0, 0.05) is 21.9 Å². The molecule has 1 amide bonds. The van der Waals surface area contributed by atoms with Crippen LogP contribution in [0.25, 0.3) is 5.57 Å². The van der Waals surface area contributed by atoms with Gasteiger partial charge in [-0.2, -0.15) is 0 Å². The maximum Gasteiger partial charge on any atom is 0.217 e. The lowest BCUT2D eigenvalue weighted by molar-refractivity contribution is -0.118. The Kier molecular flexibility index (Phi) is 46.7. The molecule has 5 nitrogen and oxygen atoms in total. The molecule has 228 valence electrons. The number of nitrogens with zero attached hydrogens (tertiary/aromatic N) is 2. The lowest BCUT2D eigenvalue weighted by Gasteiger charge is -2.14. The molecular formula is C34H66N4O. The first kappa shape index (κ1) is 46.0. The van der Waals surface area contributed by atoms with Gasteiger partial charge in [0.05, 0.1) is 0 Å². The molecule has 0 saturated heterocycles. The molecule has 0 unspecified atom stereocenters. The summed E-state index contributed by atoms with van der Waals surface area (Å²) in [5, 5.41) is 1.85. The molecule has 1 aromatic rings. The first-order chi connectivity index (χ1) is 18.7. The first-order valence-corrected chi connectivity index (χ1v) is 14.7. The molecule has 0 spiro atoms. The first-order valence-electron chi connectivity index (χ1n) is 14.7. The number of carbonyl (C=O) groups is 1. The van der Waals surface area contributed by atoms with Crippen molar-refractivity contribution in [1.29, 1.82) is 0 Å². The molecule has 0 radical (unpaired) electrons.